The molecule has 0 saturated carbocycles. The second-order valence-corrected chi connectivity index (χ2v) is 5.32. The number of carbonyl (C=O) groups is 1. The third-order valence-electron chi connectivity index (χ3n) is 3.42. The number of rotatable bonds is 6. The first-order valence-electron chi connectivity index (χ1n) is 7.50. The van der Waals surface area contributed by atoms with Gasteiger partial charge >= 0.3 is 18.5 Å². The topological polar surface area (TPSA) is 74.2 Å². The normalized spacial score (nSPS) is 11.7. The Labute approximate surface area is 159 Å². The fourth-order valence-corrected chi connectivity index (χ4v) is 2.25. The van der Waals surface area contributed by atoms with E-state index in [9.17, 15) is 36.2 Å². The molecule has 0 aliphatic rings. The van der Waals surface area contributed by atoms with Crippen molar-refractivity contribution in [1.29, 1.82) is 0 Å². The van der Waals surface area contributed by atoms with E-state index in [0.29, 0.717) is 12.1 Å². The van der Waals surface area contributed by atoms with E-state index in [0.717, 1.165) is 32.4 Å². The lowest BCUT2D eigenvalue weighted by Crippen LogP contribution is -2.17. The number of carboxylic acids is 1. The van der Waals surface area contributed by atoms with E-state index in [4.69, 9.17) is 14.2 Å². The molecule has 0 atom stereocenters. The van der Waals surface area contributed by atoms with Gasteiger partial charge in [0.05, 0.1) is 19.8 Å². The summed E-state index contributed by atoms with van der Waals surface area (Å²) in [6, 6.07) is 3.41. The van der Waals surface area contributed by atoms with Gasteiger partial charge in [0.1, 0.15) is 22.8 Å². The average Bonchev–Trinajstić information content (AvgIpc) is 2.59. The predicted octanol–water partition coefficient (Wildman–Crippen LogP) is 5.11. The molecular formula is C17H12F6O6. The molecule has 0 bridgehead atoms. The second kappa shape index (κ2) is 7.97. The highest BCUT2D eigenvalue weighted by molar-refractivity contribution is 5.94. The van der Waals surface area contributed by atoms with Crippen LogP contribution in [-0.2, 0) is 6.18 Å². The Bertz CT molecular complexity index is 907. The number of ether oxygens (including phenoxy) is 4. The summed E-state index contributed by atoms with van der Waals surface area (Å²) in [6.45, 7) is 0. The highest BCUT2D eigenvalue weighted by atomic mass is 19.4. The third kappa shape index (κ3) is 5.36. The Hall–Kier alpha value is -3.31. The molecule has 2 aromatic rings. The van der Waals surface area contributed by atoms with Crippen molar-refractivity contribution in [2.45, 2.75) is 12.5 Å². The monoisotopic (exact) mass is 426 g/mol. The highest BCUT2D eigenvalue weighted by Crippen LogP contribution is 2.42. The van der Waals surface area contributed by atoms with Gasteiger partial charge in [-0.05, 0) is 24.3 Å². The van der Waals surface area contributed by atoms with Crippen molar-refractivity contribution in [2.75, 3.05) is 14.2 Å². The smallest absolute Gasteiger partial charge is 0.496 e. The molecule has 0 aliphatic carbocycles. The summed E-state index contributed by atoms with van der Waals surface area (Å²) in [4.78, 5) is 11.5. The maximum Gasteiger partial charge on any atom is 0.573 e. The summed E-state index contributed by atoms with van der Waals surface area (Å²) < 4.78 is 94.8. The lowest BCUT2D eigenvalue weighted by molar-refractivity contribution is -0.274. The van der Waals surface area contributed by atoms with Crippen LogP contribution in [0.4, 0.5) is 26.3 Å². The van der Waals surface area contributed by atoms with Crippen molar-refractivity contribution in [1.82, 2.24) is 0 Å². The Morgan fingerprint density at radius 2 is 1.45 bits per heavy atom. The standard InChI is InChI=1S/C17H12F6O6/c1-26-11-7-9(29-17(21,22)23)3-4-10(11)28-13-6-8(16(18,19)20)5-12(27-2)14(13)15(24)25/h3-7H,1-2H3,(H,24,25). The van der Waals surface area contributed by atoms with E-state index in [-0.39, 0.29) is 11.5 Å². The minimum Gasteiger partial charge on any atom is -0.496 e. The van der Waals surface area contributed by atoms with Crippen LogP contribution in [0.3, 0.4) is 0 Å². The van der Waals surface area contributed by atoms with E-state index in [2.05, 4.69) is 4.74 Å². The molecule has 0 spiro atoms. The van der Waals surface area contributed by atoms with Gasteiger partial charge in [-0.2, -0.15) is 13.2 Å². The minimum atomic E-state index is -4.99. The molecule has 2 aromatic carbocycles. The number of aromatic carboxylic acids is 1. The van der Waals surface area contributed by atoms with Gasteiger partial charge < -0.3 is 24.1 Å². The molecule has 0 fully saturated rings. The first-order valence-corrected chi connectivity index (χ1v) is 7.50. The number of benzene rings is 2. The Morgan fingerprint density at radius 1 is 0.862 bits per heavy atom. The number of hydrogen-bond donors (Lipinski definition) is 1. The first kappa shape index (κ1) is 22.0. The molecule has 2 rings (SSSR count). The zero-order chi connectivity index (χ0) is 22.0. The lowest BCUT2D eigenvalue weighted by Gasteiger charge is -2.17. The molecular weight excluding hydrogens is 414 g/mol. The van der Waals surface area contributed by atoms with Gasteiger partial charge in [-0.1, -0.05) is 0 Å². The van der Waals surface area contributed by atoms with E-state index in [1.807, 2.05) is 0 Å². The van der Waals surface area contributed by atoms with Crippen molar-refractivity contribution < 1.29 is 55.2 Å². The van der Waals surface area contributed by atoms with Crippen molar-refractivity contribution in [2.24, 2.45) is 0 Å². The Kier molecular flexibility index (Phi) is 6.04. The van der Waals surface area contributed by atoms with E-state index >= 15 is 0 Å². The fraction of sp³-hybridized carbons (Fsp3) is 0.235. The van der Waals surface area contributed by atoms with Crippen LogP contribution in [0.25, 0.3) is 0 Å². The molecule has 29 heavy (non-hydrogen) atoms. The molecule has 0 radical (unpaired) electrons. The van der Waals surface area contributed by atoms with E-state index < -0.39 is 46.9 Å². The number of methoxy groups -OCH3 is 2. The summed E-state index contributed by atoms with van der Waals surface area (Å²) in [5.41, 5.74) is -1.98. The zero-order valence-electron chi connectivity index (χ0n) is 14.6. The van der Waals surface area contributed by atoms with Crippen molar-refractivity contribution in [3.63, 3.8) is 0 Å². The minimum absolute atomic E-state index is 0.348. The van der Waals surface area contributed by atoms with Crippen LogP contribution < -0.4 is 18.9 Å². The molecule has 0 aromatic heterocycles. The number of alkyl halides is 6. The largest absolute Gasteiger partial charge is 0.573 e. The SMILES string of the molecule is COc1cc(OC(F)(F)F)ccc1Oc1cc(C(F)(F)F)cc(OC)c1C(=O)O. The van der Waals surface area contributed by atoms with Crippen LogP contribution >= 0.6 is 0 Å². The number of carboxylic acid groups (broad SMARTS) is 1. The lowest BCUT2D eigenvalue weighted by atomic mass is 10.1. The maximum atomic E-state index is 13.1. The summed E-state index contributed by atoms with van der Waals surface area (Å²) in [7, 11) is 2.03. The van der Waals surface area contributed by atoms with Crippen LogP contribution in [-0.4, -0.2) is 31.7 Å². The first-order chi connectivity index (χ1) is 13.4. The molecule has 6 nitrogen and oxygen atoms in total. The third-order valence-corrected chi connectivity index (χ3v) is 3.42. The molecule has 12 heteroatoms. The molecule has 158 valence electrons. The van der Waals surface area contributed by atoms with Gasteiger partial charge in [0.25, 0.3) is 0 Å². The van der Waals surface area contributed by atoms with Crippen LogP contribution in [0.5, 0.6) is 28.7 Å². The molecule has 0 heterocycles. The van der Waals surface area contributed by atoms with Crippen LogP contribution in [0.2, 0.25) is 0 Å². The quantitative estimate of drug-likeness (QED) is 0.647. The van der Waals surface area contributed by atoms with Gasteiger partial charge in [-0.25, -0.2) is 4.79 Å². The predicted molar refractivity (Wildman–Crippen MR) is 84.7 cm³/mol. The summed E-state index contributed by atoms with van der Waals surface area (Å²) in [6.07, 6.45) is -9.84. The average molecular weight is 426 g/mol. The molecule has 0 unspecified atom stereocenters. The van der Waals surface area contributed by atoms with Crippen molar-refractivity contribution in [3.05, 3.63) is 41.5 Å². The van der Waals surface area contributed by atoms with Crippen molar-refractivity contribution in [3.8, 4) is 28.7 Å². The summed E-state index contributed by atoms with van der Waals surface area (Å²) >= 11 is 0. The van der Waals surface area contributed by atoms with Gasteiger partial charge in [0, 0.05) is 6.07 Å². The van der Waals surface area contributed by atoms with Crippen molar-refractivity contribution >= 4 is 5.97 Å². The van der Waals surface area contributed by atoms with Gasteiger partial charge in [-0.3, -0.25) is 0 Å². The van der Waals surface area contributed by atoms with Gasteiger partial charge in [-0.15, -0.1) is 13.2 Å². The maximum absolute atomic E-state index is 13.1. The summed E-state index contributed by atoms with van der Waals surface area (Å²) in [5, 5.41) is 9.33. The van der Waals surface area contributed by atoms with E-state index in [1.54, 1.807) is 0 Å². The molecule has 0 saturated heterocycles. The van der Waals surface area contributed by atoms with Crippen LogP contribution in [0.15, 0.2) is 30.3 Å². The molecule has 0 aliphatic heterocycles. The Balaban J connectivity index is 2.56. The second-order valence-electron chi connectivity index (χ2n) is 5.32. The summed E-state index contributed by atoms with van der Waals surface area (Å²) in [5.74, 6) is -4.42. The van der Waals surface area contributed by atoms with Crippen LogP contribution in [0, 0.1) is 0 Å². The molecule has 0 amide bonds. The fourth-order valence-electron chi connectivity index (χ4n) is 2.25. The highest BCUT2D eigenvalue weighted by Gasteiger charge is 2.35. The molecule has 1 N–H and O–H groups in total. The number of halogens is 6. The van der Waals surface area contributed by atoms with Gasteiger partial charge in [0.15, 0.2) is 11.5 Å². The van der Waals surface area contributed by atoms with E-state index in [1.165, 1.54) is 0 Å². The Morgan fingerprint density at radius 3 is 1.93 bits per heavy atom. The zero-order valence-corrected chi connectivity index (χ0v) is 14.6. The number of hydrogen-bond acceptors (Lipinski definition) is 5. The van der Waals surface area contributed by atoms with Gasteiger partial charge in [0.2, 0.25) is 0 Å². The van der Waals surface area contributed by atoms with Crippen LogP contribution in [0.1, 0.15) is 15.9 Å².